The van der Waals surface area contributed by atoms with Crippen LogP contribution < -0.4 is 4.74 Å². The van der Waals surface area contributed by atoms with Crippen molar-refractivity contribution in [2.24, 2.45) is 5.41 Å². The molecule has 0 atom stereocenters. The summed E-state index contributed by atoms with van der Waals surface area (Å²) >= 11 is 4.35. The third-order valence-electron chi connectivity index (χ3n) is 3.65. The predicted molar refractivity (Wildman–Crippen MR) is 80.2 cm³/mol. The van der Waals surface area contributed by atoms with Crippen LogP contribution in [0.1, 0.15) is 32.3 Å². The summed E-state index contributed by atoms with van der Waals surface area (Å²) in [6.07, 6.45) is 1.77. The van der Waals surface area contributed by atoms with Crippen molar-refractivity contribution in [1.29, 1.82) is 5.26 Å². The van der Waals surface area contributed by atoms with Crippen LogP contribution in [0.25, 0.3) is 0 Å². The third kappa shape index (κ3) is 3.64. The lowest BCUT2D eigenvalue weighted by atomic mass is 9.85. The molecule has 0 heterocycles. The highest BCUT2D eigenvalue weighted by Crippen LogP contribution is 2.32. The van der Waals surface area contributed by atoms with Gasteiger partial charge in [-0.1, -0.05) is 13.8 Å². The number of nitro benzene ring substituents is 1. The van der Waals surface area contributed by atoms with Gasteiger partial charge in [0.25, 0.3) is 0 Å². The number of ether oxygens (including phenoxy) is 1. The van der Waals surface area contributed by atoms with Crippen molar-refractivity contribution in [1.82, 2.24) is 0 Å². The number of rotatable bonds is 7. The molecule has 0 saturated carbocycles. The van der Waals surface area contributed by atoms with Gasteiger partial charge >= 0.3 is 5.69 Å². The highest BCUT2D eigenvalue weighted by molar-refractivity contribution is 7.80. The zero-order chi connectivity index (χ0) is 15.2. The Bertz CT molecular complexity index is 513. The van der Waals surface area contributed by atoms with Crippen LogP contribution in [0.3, 0.4) is 0 Å². The van der Waals surface area contributed by atoms with Crippen LogP contribution in [-0.2, 0) is 0 Å². The molecule has 0 aliphatic heterocycles. The first kappa shape index (κ1) is 16.3. The molecular formula is C14H18N2O3S. The first-order valence-electron chi connectivity index (χ1n) is 6.44. The average molecular weight is 294 g/mol. The molecule has 1 aromatic rings. The molecule has 0 amide bonds. The Morgan fingerprint density at radius 3 is 2.55 bits per heavy atom. The molecule has 0 aliphatic carbocycles. The second-order valence-electron chi connectivity index (χ2n) is 4.71. The van der Waals surface area contributed by atoms with Crippen molar-refractivity contribution in [3.8, 4) is 11.8 Å². The number of hydrogen-bond donors (Lipinski definition) is 1. The molecule has 0 spiro atoms. The van der Waals surface area contributed by atoms with Gasteiger partial charge in [0.1, 0.15) is 0 Å². The van der Waals surface area contributed by atoms with Crippen molar-refractivity contribution in [3.05, 3.63) is 33.9 Å². The fraction of sp³-hybridized carbons (Fsp3) is 0.500. The Balaban J connectivity index is 2.98. The maximum Gasteiger partial charge on any atom is 0.312 e. The summed E-state index contributed by atoms with van der Waals surface area (Å²) in [5.41, 5.74) is -0.0231. The van der Waals surface area contributed by atoms with Gasteiger partial charge in [-0.25, -0.2) is 0 Å². The number of hydrogen-bond acceptors (Lipinski definition) is 5. The molecule has 0 unspecified atom stereocenters. The van der Waals surface area contributed by atoms with Crippen molar-refractivity contribution in [2.75, 3.05) is 12.4 Å². The lowest BCUT2D eigenvalue weighted by Crippen LogP contribution is -2.29. The number of nitro groups is 1. The lowest BCUT2D eigenvalue weighted by molar-refractivity contribution is -0.386. The minimum absolute atomic E-state index is 0.0924. The molecule has 5 nitrogen and oxygen atoms in total. The third-order valence-corrected chi connectivity index (χ3v) is 4.32. The average Bonchev–Trinajstić information content (AvgIpc) is 2.49. The summed E-state index contributed by atoms with van der Waals surface area (Å²) in [5, 5.41) is 19.8. The van der Waals surface area contributed by atoms with Crippen LogP contribution >= 0.6 is 12.6 Å². The van der Waals surface area contributed by atoms with E-state index in [1.54, 1.807) is 0 Å². The van der Waals surface area contributed by atoms with E-state index in [1.165, 1.54) is 18.2 Å². The van der Waals surface area contributed by atoms with E-state index in [4.69, 9.17) is 10.00 Å². The minimum Gasteiger partial charge on any atom is -0.486 e. The molecule has 0 N–H and O–H groups in total. The van der Waals surface area contributed by atoms with E-state index in [0.717, 1.165) is 12.8 Å². The zero-order valence-electron chi connectivity index (χ0n) is 11.6. The van der Waals surface area contributed by atoms with Gasteiger partial charge in [-0.3, -0.25) is 10.1 Å². The normalized spacial score (nSPS) is 10.9. The Hall–Kier alpha value is -1.74. The van der Waals surface area contributed by atoms with Crippen molar-refractivity contribution in [2.45, 2.75) is 26.7 Å². The molecule has 20 heavy (non-hydrogen) atoms. The van der Waals surface area contributed by atoms with E-state index in [-0.39, 0.29) is 22.4 Å². The zero-order valence-corrected chi connectivity index (χ0v) is 12.5. The van der Waals surface area contributed by atoms with Crippen molar-refractivity contribution < 1.29 is 9.66 Å². The van der Waals surface area contributed by atoms with Crippen molar-refractivity contribution in [3.63, 3.8) is 0 Å². The maximum atomic E-state index is 11.0. The fourth-order valence-corrected chi connectivity index (χ4v) is 2.34. The first-order chi connectivity index (χ1) is 9.51. The summed E-state index contributed by atoms with van der Waals surface area (Å²) in [6.45, 7) is 4.47. The maximum absolute atomic E-state index is 11.0. The number of nitriles is 1. The molecule has 1 rings (SSSR count). The van der Waals surface area contributed by atoms with E-state index in [9.17, 15) is 10.1 Å². The molecule has 0 bridgehead atoms. The molecule has 0 saturated heterocycles. The quantitative estimate of drug-likeness (QED) is 0.474. The van der Waals surface area contributed by atoms with E-state index >= 15 is 0 Å². The highest BCUT2D eigenvalue weighted by atomic mass is 32.1. The molecule has 1 aromatic carbocycles. The van der Waals surface area contributed by atoms with Gasteiger partial charge in [-0.05, 0) is 30.7 Å². The standard InChI is InChI=1S/C14H18N2O3S/c1-3-14(4-2,10-20)9-19-13-6-5-11(8-15)7-12(13)16(17)18/h5-7,20H,3-4,9-10H2,1-2H3. The molecule has 0 aromatic heterocycles. The van der Waals surface area contributed by atoms with Crippen LogP contribution in [-0.4, -0.2) is 17.3 Å². The summed E-state index contributed by atoms with van der Waals surface area (Å²) < 4.78 is 5.64. The molecule has 6 heteroatoms. The number of benzene rings is 1. The smallest absolute Gasteiger partial charge is 0.312 e. The number of nitrogens with zero attached hydrogens (tertiary/aromatic N) is 2. The van der Waals surface area contributed by atoms with Gasteiger partial charge in [0.15, 0.2) is 5.75 Å². The van der Waals surface area contributed by atoms with Crippen LogP contribution in [0.2, 0.25) is 0 Å². The van der Waals surface area contributed by atoms with Gasteiger partial charge in [0, 0.05) is 11.5 Å². The summed E-state index contributed by atoms with van der Waals surface area (Å²) in [7, 11) is 0. The Kier molecular flexibility index (Phi) is 5.83. The van der Waals surface area contributed by atoms with Crippen LogP contribution in [0, 0.1) is 26.9 Å². The summed E-state index contributed by atoms with van der Waals surface area (Å²) in [4.78, 5) is 10.5. The van der Waals surface area contributed by atoms with Gasteiger partial charge in [-0.15, -0.1) is 0 Å². The minimum atomic E-state index is -0.531. The summed E-state index contributed by atoms with van der Waals surface area (Å²) in [5.74, 6) is 0.853. The number of thiol groups is 1. The molecule has 108 valence electrons. The largest absolute Gasteiger partial charge is 0.486 e. The van der Waals surface area contributed by atoms with Crippen molar-refractivity contribution >= 4 is 18.3 Å². The topological polar surface area (TPSA) is 76.2 Å². The molecule has 0 radical (unpaired) electrons. The van der Waals surface area contributed by atoms with Gasteiger partial charge in [0.2, 0.25) is 0 Å². The summed E-state index contributed by atoms with van der Waals surface area (Å²) in [6, 6.07) is 6.11. The molecular weight excluding hydrogens is 276 g/mol. The van der Waals surface area contributed by atoms with E-state index in [1.807, 2.05) is 6.07 Å². The fourth-order valence-electron chi connectivity index (χ4n) is 1.81. The van der Waals surface area contributed by atoms with E-state index in [2.05, 4.69) is 26.5 Å². The Morgan fingerprint density at radius 2 is 2.10 bits per heavy atom. The SMILES string of the molecule is CCC(CC)(CS)COc1ccc(C#N)cc1[N+](=O)[O-]. The first-order valence-corrected chi connectivity index (χ1v) is 7.07. The van der Waals surface area contributed by atoms with Crippen LogP contribution in [0.4, 0.5) is 5.69 Å². The van der Waals surface area contributed by atoms with Gasteiger partial charge in [0.05, 0.1) is 23.2 Å². The Morgan fingerprint density at radius 1 is 1.45 bits per heavy atom. The van der Waals surface area contributed by atoms with Gasteiger partial charge in [-0.2, -0.15) is 17.9 Å². The Labute approximate surface area is 124 Å². The van der Waals surface area contributed by atoms with E-state index in [0.29, 0.717) is 12.4 Å². The van der Waals surface area contributed by atoms with E-state index < -0.39 is 4.92 Å². The van der Waals surface area contributed by atoms with Crippen LogP contribution in [0.5, 0.6) is 5.75 Å². The van der Waals surface area contributed by atoms with Crippen LogP contribution in [0.15, 0.2) is 18.2 Å². The second-order valence-corrected chi connectivity index (χ2v) is 5.02. The monoisotopic (exact) mass is 294 g/mol. The molecule has 0 aliphatic rings. The second kappa shape index (κ2) is 7.15. The highest BCUT2D eigenvalue weighted by Gasteiger charge is 2.27. The predicted octanol–water partition coefficient (Wildman–Crippen LogP) is 3.58. The van der Waals surface area contributed by atoms with Gasteiger partial charge < -0.3 is 4.74 Å². The lowest BCUT2D eigenvalue weighted by Gasteiger charge is -2.29. The molecule has 0 fully saturated rings.